The summed E-state index contributed by atoms with van der Waals surface area (Å²) < 4.78 is 5.05. The molecule has 4 heteroatoms. The van der Waals surface area contributed by atoms with Crippen LogP contribution < -0.4 is 5.73 Å². The average molecular weight is 282 g/mol. The van der Waals surface area contributed by atoms with Crippen LogP contribution in [0.5, 0.6) is 0 Å². The third-order valence-electron chi connectivity index (χ3n) is 3.83. The van der Waals surface area contributed by atoms with Crippen LogP contribution >= 0.6 is 11.6 Å². The molecule has 1 aliphatic rings. The fourth-order valence-electron chi connectivity index (χ4n) is 2.37. The van der Waals surface area contributed by atoms with Crippen LogP contribution in [0.2, 0.25) is 5.02 Å². The van der Waals surface area contributed by atoms with E-state index >= 15 is 0 Å². The van der Waals surface area contributed by atoms with Gasteiger partial charge in [0.2, 0.25) is 5.91 Å². The van der Waals surface area contributed by atoms with Gasteiger partial charge in [-0.3, -0.25) is 4.79 Å². The number of nitrogens with two attached hydrogens (primary N) is 1. The van der Waals surface area contributed by atoms with Gasteiger partial charge in [0.05, 0.1) is 5.41 Å². The second-order valence-electron chi connectivity index (χ2n) is 5.34. The number of benzene rings is 1. The Morgan fingerprint density at radius 2 is 2.21 bits per heavy atom. The van der Waals surface area contributed by atoms with Crippen LogP contribution in [-0.4, -0.2) is 19.6 Å². The zero-order valence-corrected chi connectivity index (χ0v) is 12.0. The Balaban J connectivity index is 2.07. The van der Waals surface area contributed by atoms with Gasteiger partial charge in [-0.1, -0.05) is 23.7 Å². The van der Waals surface area contributed by atoms with Gasteiger partial charge in [0, 0.05) is 18.7 Å². The van der Waals surface area contributed by atoms with E-state index in [1.807, 2.05) is 12.1 Å². The number of methoxy groups -OCH3 is 1. The fraction of sp³-hybridized carbons (Fsp3) is 0.533. The monoisotopic (exact) mass is 281 g/mol. The van der Waals surface area contributed by atoms with Gasteiger partial charge in [0.25, 0.3) is 0 Å². The van der Waals surface area contributed by atoms with E-state index in [9.17, 15) is 4.79 Å². The van der Waals surface area contributed by atoms with E-state index in [-0.39, 0.29) is 11.3 Å². The van der Waals surface area contributed by atoms with Crippen molar-refractivity contribution in [3.8, 4) is 0 Å². The highest BCUT2D eigenvalue weighted by molar-refractivity contribution is 6.31. The molecule has 0 atom stereocenters. The number of carbonyl (C=O) groups excluding carboxylic acids is 1. The number of rotatable bonds is 7. The molecule has 0 unspecified atom stereocenters. The molecule has 2 rings (SSSR count). The summed E-state index contributed by atoms with van der Waals surface area (Å²) in [6.45, 7) is 0.753. The second-order valence-corrected chi connectivity index (χ2v) is 5.75. The summed E-state index contributed by atoms with van der Waals surface area (Å²) >= 11 is 6.22. The molecule has 0 saturated heterocycles. The molecule has 0 heterocycles. The number of carbonyl (C=O) groups is 1. The van der Waals surface area contributed by atoms with E-state index in [0.29, 0.717) is 6.42 Å². The first-order chi connectivity index (χ1) is 9.07. The van der Waals surface area contributed by atoms with Crippen molar-refractivity contribution >= 4 is 17.5 Å². The van der Waals surface area contributed by atoms with E-state index < -0.39 is 0 Å². The average Bonchev–Trinajstić information content (AvgIpc) is 3.15. The van der Waals surface area contributed by atoms with Crippen molar-refractivity contribution in [1.29, 1.82) is 0 Å². The molecule has 1 aliphatic carbocycles. The Bertz CT molecular complexity index is 469. The quantitative estimate of drug-likeness (QED) is 0.781. The van der Waals surface area contributed by atoms with Crippen molar-refractivity contribution in [2.24, 2.45) is 11.1 Å². The Hall–Kier alpha value is -1.06. The predicted molar refractivity (Wildman–Crippen MR) is 76.2 cm³/mol. The summed E-state index contributed by atoms with van der Waals surface area (Å²) in [5.74, 6) is -0.201. The molecular formula is C15H20ClNO2. The summed E-state index contributed by atoms with van der Waals surface area (Å²) in [7, 11) is 1.71. The van der Waals surface area contributed by atoms with Gasteiger partial charge >= 0.3 is 0 Å². The normalized spacial score (nSPS) is 16.3. The minimum atomic E-state index is -0.338. The van der Waals surface area contributed by atoms with Crippen molar-refractivity contribution in [3.63, 3.8) is 0 Å². The van der Waals surface area contributed by atoms with E-state index in [2.05, 4.69) is 6.07 Å². The van der Waals surface area contributed by atoms with Gasteiger partial charge in [0.1, 0.15) is 0 Å². The largest absolute Gasteiger partial charge is 0.385 e. The molecule has 1 amide bonds. The van der Waals surface area contributed by atoms with Gasteiger partial charge in [-0.2, -0.15) is 0 Å². The van der Waals surface area contributed by atoms with Gasteiger partial charge in [0.15, 0.2) is 0 Å². The van der Waals surface area contributed by atoms with E-state index in [1.165, 1.54) is 5.56 Å². The third-order valence-corrected chi connectivity index (χ3v) is 4.20. The van der Waals surface area contributed by atoms with Crippen LogP contribution in [0.4, 0.5) is 0 Å². The van der Waals surface area contributed by atoms with Crippen molar-refractivity contribution < 1.29 is 9.53 Å². The number of amides is 1. The molecule has 0 bridgehead atoms. The SMILES string of the molecule is COCCCc1ccc(Cl)c(CC2(C(N)=O)CC2)c1. The fourth-order valence-corrected chi connectivity index (χ4v) is 2.55. The van der Waals surface area contributed by atoms with E-state index in [4.69, 9.17) is 22.1 Å². The maximum atomic E-state index is 11.5. The van der Waals surface area contributed by atoms with Crippen LogP contribution in [0.1, 0.15) is 30.4 Å². The van der Waals surface area contributed by atoms with E-state index in [0.717, 1.165) is 42.9 Å². The van der Waals surface area contributed by atoms with Crippen molar-refractivity contribution in [3.05, 3.63) is 34.3 Å². The number of ether oxygens (including phenoxy) is 1. The molecule has 0 aliphatic heterocycles. The van der Waals surface area contributed by atoms with Crippen molar-refractivity contribution in [2.75, 3.05) is 13.7 Å². The lowest BCUT2D eigenvalue weighted by Gasteiger charge is -2.13. The number of hydrogen-bond donors (Lipinski definition) is 1. The summed E-state index contributed by atoms with van der Waals surface area (Å²) in [6.07, 6.45) is 4.37. The molecule has 104 valence electrons. The lowest BCUT2D eigenvalue weighted by atomic mass is 9.94. The summed E-state index contributed by atoms with van der Waals surface area (Å²) in [5.41, 5.74) is 7.40. The molecule has 3 nitrogen and oxygen atoms in total. The van der Waals surface area contributed by atoms with Crippen LogP contribution in [0.15, 0.2) is 18.2 Å². The Labute approximate surface area is 119 Å². The van der Waals surface area contributed by atoms with Gasteiger partial charge in [-0.25, -0.2) is 0 Å². The molecule has 0 spiro atoms. The number of aryl methyl sites for hydroxylation is 1. The zero-order valence-electron chi connectivity index (χ0n) is 11.2. The zero-order chi connectivity index (χ0) is 13.9. The lowest BCUT2D eigenvalue weighted by Crippen LogP contribution is -2.26. The molecular weight excluding hydrogens is 262 g/mol. The molecule has 1 fully saturated rings. The molecule has 1 aromatic rings. The van der Waals surface area contributed by atoms with E-state index in [1.54, 1.807) is 7.11 Å². The highest BCUT2D eigenvalue weighted by atomic mass is 35.5. The van der Waals surface area contributed by atoms with Gasteiger partial charge < -0.3 is 10.5 Å². The van der Waals surface area contributed by atoms with Gasteiger partial charge in [-0.05, 0) is 49.3 Å². The van der Waals surface area contributed by atoms with Crippen LogP contribution in [0.3, 0.4) is 0 Å². The maximum Gasteiger partial charge on any atom is 0.223 e. The first-order valence-electron chi connectivity index (χ1n) is 6.63. The minimum Gasteiger partial charge on any atom is -0.385 e. The molecule has 0 aromatic heterocycles. The second kappa shape index (κ2) is 5.93. The Morgan fingerprint density at radius 1 is 1.47 bits per heavy atom. The van der Waals surface area contributed by atoms with Crippen LogP contribution in [0, 0.1) is 5.41 Å². The molecule has 0 radical (unpaired) electrons. The topological polar surface area (TPSA) is 52.3 Å². The number of hydrogen-bond acceptors (Lipinski definition) is 2. The highest BCUT2D eigenvalue weighted by Crippen LogP contribution is 2.48. The molecule has 1 aromatic carbocycles. The molecule has 1 saturated carbocycles. The maximum absolute atomic E-state index is 11.5. The highest BCUT2D eigenvalue weighted by Gasteiger charge is 2.48. The molecule has 19 heavy (non-hydrogen) atoms. The number of primary amides is 1. The molecule has 2 N–H and O–H groups in total. The Kier molecular flexibility index (Phi) is 4.48. The smallest absolute Gasteiger partial charge is 0.223 e. The Morgan fingerprint density at radius 3 is 2.79 bits per heavy atom. The van der Waals surface area contributed by atoms with Crippen molar-refractivity contribution in [2.45, 2.75) is 32.1 Å². The third kappa shape index (κ3) is 3.48. The lowest BCUT2D eigenvalue weighted by molar-refractivity contribution is -0.123. The summed E-state index contributed by atoms with van der Waals surface area (Å²) in [5, 5.41) is 0.725. The minimum absolute atomic E-state index is 0.201. The first kappa shape index (κ1) is 14.4. The van der Waals surface area contributed by atoms with Crippen LogP contribution in [0.25, 0.3) is 0 Å². The first-order valence-corrected chi connectivity index (χ1v) is 7.01. The summed E-state index contributed by atoms with van der Waals surface area (Å²) in [4.78, 5) is 11.5. The number of halogens is 1. The standard InChI is InChI=1S/C15H20ClNO2/c1-19-8-2-3-11-4-5-13(16)12(9-11)10-15(6-7-15)14(17)18/h4-5,9H,2-3,6-8,10H2,1H3,(H2,17,18). The van der Waals surface area contributed by atoms with Gasteiger partial charge in [-0.15, -0.1) is 0 Å². The van der Waals surface area contributed by atoms with Crippen molar-refractivity contribution in [1.82, 2.24) is 0 Å². The predicted octanol–water partition coefficient (Wildman–Crippen LogP) is 2.73. The summed E-state index contributed by atoms with van der Waals surface area (Å²) in [6, 6.07) is 6.04. The van der Waals surface area contributed by atoms with Crippen LogP contribution in [-0.2, 0) is 22.4 Å².